The maximum atomic E-state index is 10.8. The number of nitrogens with zero attached hydrogens (tertiary/aromatic N) is 4. The number of aromatic carboxylic acids is 1. The van der Waals surface area contributed by atoms with Gasteiger partial charge in [0.15, 0.2) is 0 Å². The molecule has 0 amide bonds. The zero-order chi connectivity index (χ0) is 25.0. The summed E-state index contributed by atoms with van der Waals surface area (Å²) in [6.07, 6.45) is 0. The molecule has 0 spiro atoms. The van der Waals surface area contributed by atoms with Crippen molar-refractivity contribution in [2.24, 2.45) is 0 Å². The van der Waals surface area contributed by atoms with Crippen LogP contribution in [-0.4, -0.2) is 43.7 Å². The first kappa shape index (κ1) is 25.7. The minimum absolute atomic E-state index is 0.435. The summed E-state index contributed by atoms with van der Waals surface area (Å²) in [7, 11) is -4.89. The van der Waals surface area contributed by atoms with Gasteiger partial charge in [-0.1, -0.05) is 11.6 Å². The largest absolute Gasteiger partial charge is 0.477 e. The van der Waals surface area contributed by atoms with Gasteiger partial charge in [0.05, 0.1) is 31.8 Å². The van der Waals surface area contributed by atoms with E-state index in [0.717, 1.165) is 12.1 Å². The monoisotopic (exact) mass is 494 g/mol. The Balaban J connectivity index is 0.000000323. The standard InChI is InChI=1S/C7H4N2O6.C6H3ClN2O7S/c10-7(11)5-2-1-4(8(12)13)3-6(5)9(14)15;7-6-4(9(12)13)1-3(8(10)11)2-5(6)17(14,15)16/h1-3H,(H,10,11);1-2H,(H,14,15,16). The highest BCUT2D eigenvalue weighted by molar-refractivity contribution is 7.86. The molecule has 2 rings (SSSR count). The number of non-ortho nitro benzene ring substituents is 2. The number of nitro groups is 4. The number of carboxylic acids is 1. The molecule has 0 bridgehead atoms. The van der Waals surface area contributed by atoms with E-state index in [1.54, 1.807) is 0 Å². The average Bonchev–Trinajstić information content (AvgIpc) is 2.66. The van der Waals surface area contributed by atoms with Gasteiger partial charge < -0.3 is 5.11 Å². The molecule has 2 N–H and O–H groups in total. The molecule has 0 aromatic heterocycles. The number of benzene rings is 2. The maximum absolute atomic E-state index is 10.8. The number of carboxylic acid groups (broad SMARTS) is 1. The van der Waals surface area contributed by atoms with Crippen molar-refractivity contribution >= 4 is 50.4 Å². The summed E-state index contributed by atoms with van der Waals surface area (Å²) in [6.45, 7) is 0. The van der Waals surface area contributed by atoms with Crippen LogP contribution < -0.4 is 0 Å². The van der Waals surface area contributed by atoms with Crippen LogP contribution >= 0.6 is 11.6 Å². The van der Waals surface area contributed by atoms with Crippen molar-refractivity contribution in [2.45, 2.75) is 4.90 Å². The lowest BCUT2D eigenvalue weighted by Crippen LogP contribution is -2.03. The lowest BCUT2D eigenvalue weighted by molar-refractivity contribution is -0.394. The molecule has 0 saturated carbocycles. The van der Waals surface area contributed by atoms with Gasteiger partial charge in [0.2, 0.25) is 0 Å². The predicted molar refractivity (Wildman–Crippen MR) is 101 cm³/mol. The Morgan fingerprint density at radius 3 is 1.66 bits per heavy atom. The fourth-order valence-corrected chi connectivity index (χ4v) is 3.03. The zero-order valence-electron chi connectivity index (χ0n) is 14.8. The summed E-state index contributed by atoms with van der Waals surface area (Å²) in [5.41, 5.74) is -3.74. The van der Waals surface area contributed by atoms with Crippen LogP contribution in [0.3, 0.4) is 0 Å². The van der Waals surface area contributed by atoms with E-state index in [0.29, 0.717) is 18.2 Å². The van der Waals surface area contributed by atoms with Crippen LogP contribution in [0.1, 0.15) is 10.4 Å². The summed E-state index contributed by atoms with van der Waals surface area (Å²) in [5.74, 6) is -1.50. The van der Waals surface area contributed by atoms with Crippen LogP contribution in [0, 0.1) is 40.5 Å². The number of rotatable bonds is 6. The number of carbonyl (C=O) groups is 1. The highest BCUT2D eigenvalue weighted by atomic mass is 35.5. The topological polar surface area (TPSA) is 264 Å². The first-order chi connectivity index (χ1) is 14.6. The maximum Gasteiger partial charge on any atom is 0.342 e. The molecule has 0 aliphatic carbocycles. The summed E-state index contributed by atoms with van der Waals surface area (Å²) in [4.78, 5) is 47.1. The molecular formula is C13H7ClN4O13S. The van der Waals surface area contributed by atoms with Crippen molar-refractivity contribution in [3.63, 3.8) is 0 Å². The number of hydrogen-bond acceptors (Lipinski definition) is 11. The minimum atomic E-state index is -4.89. The molecule has 170 valence electrons. The normalized spacial score (nSPS) is 10.4. The molecule has 0 heterocycles. The number of nitro benzene ring substituents is 4. The summed E-state index contributed by atoms with van der Waals surface area (Å²) >= 11 is 5.36. The van der Waals surface area contributed by atoms with E-state index in [4.69, 9.17) is 21.3 Å². The van der Waals surface area contributed by atoms with Gasteiger partial charge >= 0.3 is 5.97 Å². The lowest BCUT2D eigenvalue weighted by Gasteiger charge is -2.01. The zero-order valence-corrected chi connectivity index (χ0v) is 16.4. The van der Waals surface area contributed by atoms with Crippen molar-refractivity contribution in [3.8, 4) is 0 Å². The van der Waals surface area contributed by atoms with Crippen molar-refractivity contribution in [1.82, 2.24) is 0 Å². The van der Waals surface area contributed by atoms with Gasteiger partial charge in [0.25, 0.3) is 32.9 Å². The highest BCUT2D eigenvalue weighted by Crippen LogP contribution is 2.35. The second-order valence-electron chi connectivity index (χ2n) is 5.29. The Kier molecular flexibility index (Phi) is 7.79. The fraction of sp³-hybridized carbons (Fsp3) is 0. The molecular weight excluding hydrogens is 488 g/mol. The van der Waals surface area contributed by atoms with Gasteiger partial charge in [-0.15, -0.1) is 0 Å². The van der Waals surface area contributed by atoms with E-state index in [2.05, 4.69) is 0 Å². The van der Waals surface area contributed by atoms with Crippen LogP contribution in [0.15, 0.2) is 35.2 Å². The third-order valence-electron chi connectivity index (χ3n) is 3.31. The van der Waals surface area contributed by atoms with E-state index in [9.17, 15) is 53.7 Å². The Morgan fingerprint density at radius 2 is 1.28 bits per heavy atom. The molecule has 17 nitrogen and oxygen atoms in total. The minimum Gasteiger partial charge on any atom is -0.477 e. The molecule has 19 heteroatoms. The first-order valence-electron chi connectivity index (χ1n) is 7.33. The third kappa shape index (κ3) is 6.10. The van der Waals surface area contributed by atoms with Crippen LogP contribution in [0.2, 0.25) is 5.02 Å². The molecule has 0 aliphatic rings. The Hall–Kier alpha value is -4.29. The van der Waals surface area contributed by atoms with E-state index < -0.39 is 74.0 Å². The van der Waals surface area contributed by atoms with Crippen LogP contribution in [-0.2, 0) is 10.1 Å². The quantitative estimate of drug-likeness (QED) is 0.332. The molecule has 0 aliphatic heterocycles. The van der Waals surface area contributed by atoms with Crippen LogP contribution in [0.5, 0.6) is 0 Å². The second-order valence-corrected chi connectivity index (χ2v) is 7.06. The number of halogens is 1. The molecule has 32 heavy (non-hydrogen) atoms. The van der Waals surface area contributed by atoms with Gasteiger partial charge in [-0.05, 0) is 6.07 Å². The summed E-state index contributed by atoms with van der Waals surface area (Å²) in [5, 5.41) is 49.3. The molecule has 0 unspecified atom stereocenters. The fourth-order valence-electron chi connectivity index (χ4n) is 1.96. The van der Waals surface area contributed by atoms with Gasteiger partial charge in [0.1, 0.15) is 15.5 Å². The molecule has 0 atom stereocenters. The molecule has 0 radical (unpaired) electrons. The summed E-state index contributed by atoms with van der Waals surface area (Å²) in [6, 6.07) is 3.28. The predicted octanol–water partition coefficient (Wildman–Crippen LogP) is 2.60. The van der Waals surface area contributed by atoms with Gasteiger partial charge in [-0.3, -0.25) is 45.0 Å². The molecule has 0 saturated heterocycles. The number of hydrogen-bond donors (Lipinski definition) is 2. The van der Waals surface area contributed by atoms with E-state index in [-0.39, 0.29) is 0 Å². The van der Waals surface area contributed by atoms with Gasteiger partial charge in [0, 0.05) is 12.1 Å². The van der Waals surface area contributed by atoms with Gasteiger partial charge in [-0.25, -0.2) is 4.79 Å². The summed E-state index contributed by atoms with van der Waals surface area (Å²) < 4.78 is 30.4. The van der Waals surface area contributed by atoms with E-state index >= 15 is 0 Å². The molecule has 2 aromatic rings. The third-order valence-corrected chi connectivity index (χ3v) is 4.70. The van der Waals surface area contributed by atoms with Gasteiger partial charge in [-0.2, -0.15) is 8.42 Å². The van der Waals surface area contributed by atoms with Crippen molar-refractivity contribution in [3.05, 3.63) is 81.4 Å². The second kappa shape index (κ2) is 9.68. The van der Waals surface area contributed by atoms with Crippen molar-refractivity contribution in [2.75, 3.05) is 0 Å². The SMILES string of the molecule is O=C(O)c1ccc([N+](=O)[O-])cc1[N+](=O)[O-].O=[N+]([O-])c1cc([N+](=O)[O-])c(Cl)c(S(=O)(=O)O)c1. The van der Waals surface area contributed by atoms with Crippen LogP contribution in [0.4, 0.5) is 22.7 Å². The Labute approximate surface area is 179 Å². The van der Waals surface area contributed by atoms with E-state index in [1.165, 1.54) is 0 Å². The van der Waals surface area contributed by atoms with Crippen LogP contribution in [0.25, 0.3) is 0 Å². The highest BCUT2D eigenvalue weighted by Gasteiger charge is 2.28. The molecule has 0 fully saturated rings. The Morgan fingerprint density at radius 1 is 0.812 bits per heavy atom. The van der Waals surface area contributed by atoms with Crippen molar-refractivity contribution in [1.29, 1.82) is 0 Å². The van der Waals surface area contributed by atoms with Crippen molar-refractivity contribution < 1.29 is 42.6 Å². The van der Waals surface area contributed by atoms with E-state index in [1.807, 2.05) is 0 Å². The first-order valence-corrected chi connectivity index (χ1v) is 9.15. The molecule has 2 aromatic carbocycles. The smallest absolute Gasteiger partial charge is 0.342 e. The lowest BCUT2D eigenvalue weighted by atomic mass is 10.1. The average molecular weight is 495 g/mol. The Bertz CT molecular complexity index is 1260.